The van der Waals surface area contributed by atoms with Gasteiger partial charge in [-0.05, 0) is 18.4 Å². The van der Waals surface area contributed by atoms with Crippen LogP contribution in [0.4, 0.5) is 0 Å². The van der Waals surface area contributed by atoms with E-state index in [-0.39, 0.29) is 5.56 Å². The van der Waals surface area contributed by atoms with Crippen LogP contribution in [0, 0.1) is 0 Å². The third-order valence-electron chi connectivity index (χ3n) is 5.58. The molecule has 0 atom stereocenters. The van der Waals surface area contributed by atoms with Gasteiger partial charge in [0, 0.05) is 5.56 Å². The molecule has 0 aromatic heterocycles. The lowest BCUT2D eigenvalue weighted by molar-refractivity contribution is -0.870. The molecule has 0 N–H and O–H groups in total. The number of carboxylic acids is 1. The van der Waals surface area contributed by atoms with E-state index in [4.69, 9.17) is 0 Å². The van der Waals surface area contributed by atoms with E-state index in [1.165, 1.54) is 109 Å². The molecule has 1 rings (SSSR count). The van der Waals surface area contributed by atoms with Gasteiger partial charge in [-0.1, -0.05) is 121 Å². The number of carbonyl (C=O) groups is 1. The first-order valence-corrected chi connectivity index (χ1v) is 12.5. The molecule has 1 aromatic carbocycles. The number of hydrogen-bond donors (Lipinski definition) is 0. The molecule has 0 amide bonds. The molecule has 0 aliphatic rings. The minimum absolute atomic E-state index is 0.183. The number of quaternary nitrogens is 1. The summed E-state index contributed by atoms with van der Waals surface area (Å²) in [6.07, 6.45) is 21.9. The highest BCUT2D eigenvalue weighted by molar-refractivity contribution is 5.90. The van der Waals surface area contributed by atoms with Crippen molar-refractivity contribution in [2.24, 2.45) is 0 Å². The monoisotopic (exact) mass is 431 g/mol. The summed E-state index contributed by atoms with van der Waals surface area (Å²) in [6.45, 7) is 7.11. The lowest BCUT2D eigenvalue weighted by Gasteiger charge is -2.23. The summed E-state index contributed by atoms with van der Waals surface area (Å²) >= 11 is 0. The van der Waals surface area contributed by atoms with Crippen molar-refractivity contribution in [3.8, 4) is 0 Å². The van der Waals surface area contributed by atoms with Gasteiger partial charge in [0.25, 0.3) is 0 Å². The second kappa shape index (κ2) is 19.1. The maximum atomic E-state index is 10.4. The molecule has 0 unspecified atom stereocenters. The number of aromatic carboxylic acids is 1. The fourth-order valence-corrected chi connectivity index (χ4v) is 3.64. The molecule has 0 saturated heterocycles. The molecular weight excluding hydrogens is 382 g/mol. The van der Waals surface area contributed by atoms with Gasteiger partial charge in [-0.25, -0.2) is 0 Å². The molecule has 3 nitrogen and oxygen atoms in total. The van der Waals surface area contributed by atoms with Crippen LogP contribution in [0.1, 0.15) is 113 Å². The van der Waals surface area contributed by atoms with Crippen LogP contribution in [-0.4, -0.2) is 38.1 Å². The summed E-state index contributed by atoms with van der Waals surface area (Å²) in [6, 6.07) is 6.58. The largest absolute Gasteiger partial charge is 0.545 e. The molecule has 3 heteroatoms. The predicted octanol–water partition coefficient (Wildman–Crippen LogP) is 6.87. The van der Waals surface area contributed by atoms with Gasteiger partial charge in [-0.15, -0.1) is 0 Å². The summed E-state index contributed by atoms with van der Waals surface area (Å²) in [4.78, 5) is 10.4. The minimum atomic E-state index is -1.17. The van der Waals surface area contributed by atoms with Crippen LogP contribution >= 0.6 is 0 Å². The van der Waals surface area contributed by atoms with E-state index in [2.05, 4.69) is 34.6 Å². The van der Waals surface area contributed by atoms with Gasteiger partial charge in [0.05, 0.1) is 33.7 Å². The van der Waals surface area contributed by atoms with Crippen LogP contribution in [0.2, 0.25) is 0 Å². The molecule has 31 heavy (non-hydrogen) atoms. The fourth-order valence-electron chi connectivity index (χ4n) is 3.64. The van der Waals surface area contributed by atoms with E-state index in [1.807, 2.05) is 0 Å². The highest BCUT2D eigenvalue weighted by Crippen LogP contribution is 2.13. The molecule has 178 valence electrons. The van der Waals surface area contributed by atoms with Crippen LogP contribution < -0.4 is 5.11 Å². The Morgan fingerprint density at radius 1 is 0.806 bits per heavy atom. The zero-order valence-corrected chi connectivity index (χ0v) is 21.0. The van der Waals surface area contributed by atoms with Crippen molar-refractivity contribution in [3.05, 3.63) is 42.0 Å². The Morgan fingerprint density at radius 3 is 1.58 bits per heavy atom. The Morgan fingerprint density at radius 2 is 1.23 bits per heavy atom. The van der Waals surface area contributed by atoms with E-state index in [0.717, 1.165) is 4.48 Å². The molecule has 0 aliphatic heterocycles. The second-order valence-corrected chi connectivity index (χ2v) is 9.69. The number of hydrogen-bond acceptors (Lipinski definition) is 2. The molecule has 1 aromatic rings. The SMILES string of the molecule is C=Cc1ccccc1C(=O)[O-].CCCCCCCCCCCCCCCC[N+](C)(C)C. The van der Waals surface area contributed by atoms with Gasteiger partial charge < -0.3 is 14.4 Å². The summed E-state index contributed by atoms with van der Waals surface area (Å²) in [5.41, 5.74) is 0.773. The molecule has 0 bridgehead atoms. The van der Waals surface area contributed by atoms with Gasteiger partial charge in [0.1, 0.15) is 0 Å². The highest BCUT2D eigenvalue weighted by atomic mass is 16.4. The number of carboxylic acid groups (broad SMARTS) is 1. The number of nitrogens with zero attached hydrogens (tertiary/aromatic N) is 1. The van der Waals surface area contributed by atoms with Crippen LogP contribution in [0.3, 0.4) is 0 Å². The Kier molecular flexibility index (Phi) is 18.1. The Bertz CT molecular complexity index is 575. The van der Waals surface area contributed by atoms with Gasteiger partial charge in [-0.2, -0.15) is 0 Å². The average Bonchev–Trinajstić information content (AvgIpc) is 2.73. The first kappa shape index (κ1) is 29.4. The number of rotatable bonds is 17. The molecule has 0 saturated carbocycles. The van der Waals surface area contributed by atoms with Crippen molar-refractivity contribution in [1.82, 2.24) is 0 Å². The zero-order chi connectivity index (χ0) is 23.4. The third-order valence-corrected chi connectivity index (χ3v) is 5.58. The maximum absolute atomic E-state index is 10.4. The quantitative estimate of drug-likeness (QED) is 0.199. The molecule has 0 fully saturated rings. The van der Waals surface area contributed by atoms with E-state index in [0.29, 0.717) is 5.56 Å². The van der Waals surface area contributed by atoms with E-state index in [1.54, 1.807) is 18.2 Å². The maximum Gasteiger partial charge on any atom is 0.0780 e. The van der Waals surface area contributed by atoms with Gasteiger partial charge >= 0.3 is 0 Å². The number of carbonyl (C=O) groups excluding carboxylic acids is 1. The van der Waals surface area contributed by atoms with Crippen LogP contribution in [0.25, 0.3) is 6.08 Å². The van der Waals surface area contributed by atoms with Gasteiger partial charge in [0.2, 0.25) is 0 Å². The fraction of sp³-hybridized carbons (Fsp3) is 0.679. The predicted molar refractivity (Wildman–Crippen MR) is 134 cm³/mol. The average molecular weight is 432 g/mol. The molecular formula is C28H49NO2. The molecule has 0 radical (unpaired) electrons. The first-order valence-electron chi connectivity index (χ1n) is 12.5. The summed E-state index contributed by atoms with van der Waals surface area (Å²) in [7, 11) is 6.88. The zero-order valence-electron chi connectivity index (χ0n) is 21.0. The van der Waals surface area contributed by atoms with Crippen molar-refractivity contribution in [2.45, 2.75) is 96.8 Å². The van der Waals surface area contributed by atoms with Crippen molar-refractivity contribution in [1.29, 1.82) is 0 Å². The summed E-state index contributed by atoms with van der Waals surface area (Å²) in [5.74, 6) is -1.17. The smallest absolute Gasteiger partial charge is 0.0780 e. The number of benzene rings is 1. The molecule has 0 spiro atoms. The Hall–Kier alpha value is -1.61. The topological polar surface area (TPSA) is 40.1 Å². The van der Waals surface area contributed by atoms with Crippen molar-refractivity contribution >= 4 is 12.0 Å². The highest BCUT2D eigenvalue weighted by Gasteiger charge is 2.04. The minimum Gasteiger partial charge on any atom is -0.545 e. The molecule has 0 aliphatic carbocycles. The van der Waals surface area contributed by atoms with Crippen molar-refractivity contribution in [2.75, 3.05) is 27.7 Å². The molecule has 0 heterocycles. The van der Waals surface area contributed by atoms with Crippen LogP contribution in [-0.2, 0) is 0 Å². The summed E-state index contributed by atoms with van der Waals surface area (Å²) < 4.78 is 1.12. The lowest BCUT2D eigenvalue weighted by Crippen LogP contribution is -2.35. The van der Waals surface area contributed by atoms with Crippen LogP contribution in [0.15, 0.2) is 30.8 Å². The van der Waals surface area contributed by atoms with Gasteiger partial charge in [0.15, 0.2) is 0 Å². The normalized spacial score (nSPS) is 11.0. The lowest BCUT2D eigenvalue weighted by atomic mass is 10.0. The number of unbranched alkanes of at least 4 members (excludes halogenated alkanes) is 13. The van der Waals surface area contributed by atoms with Gasteiger partial charge in [-0.3, -0.25) is 0 Å². The van der Waals surface area contributed by atoms with E-state index < -0.39 is 5.97 Å². The Balaban J connectivity index is 0.000000683. The van der Waals surface area contributed by atoms with Crippen molar-refractivity contribution in [3.63, 3.8) is 0 Å². The second-order valence-electron chi connectivity index (χ2n) is 9.69. The standard InChI is InChI=1S/C19H42N.C9H8O2/c1-5-6-7-8-9-10-11-12-13-14-15-16-17-18-19-20(2,3)4;1-2-7-5-3-4-6-8(7)9(10)11/h5-19H2,1-4H3;2-6H,1H2,(H,10,11)/q+1;/p-1. The Labute approximate surface area is 193 Å². The summed E-state index contributed by atoms with van der Waals surface area (Å²) in [5, 5.41) is 10.4. The van der Waals surface area contributed by atoms with Crippen LogP contribution in [0.5, 0.6) is 0 Å². The first-order chi connectivity index (χ1) is 14.8. The van der Waals surface area contributed by atoms with Crippen molar-refractivity contribution < 1.29 is 14.4 Å². The third kappa shape index (κ3) is 18.8. The van der Waals surface area contributed by atoms with E-state index >= 15 is 0 Å². The van der Waals surface area contributed by atoms with E-state index in [9.17, 15) is 9.90 Å².